The van der Waals surface area contributed by atoms with Crippen LogP contribution in [0.25, 0.3) is 10.9 Å². The molecule has 2 N–H and O–H groups in total. The van der Waals surface area contributed by atoms with Crippen molar-refractivity contribution in [3.05, 3.63) is 35.8 Å². The molecule has 1 atom stereocenters. The van der Waals surface area contributed by atoms with Crippen LogP contribution in [0, 0.1) is 5.82 Å². The number of urea groups is 1. The van der Waals surface area contributed by atoms with Crippen molar-refractivity contribution in [3.8, 4) is 0 Å². The Kier molecular flexibility index (Phi) is 5.32. The highest BCUT2D eigenvalue weighted by Gasteiger charge is 2.23. The average Bonchev–Trinajstić information content (AvgIpc) is 2.98. The predicted octanol–water partition coefficient (Wildman–Crippen LogP) is 1.91. The summed E-state index contributed by atoms with van der Waals surface area (Å²) in [6, 6.07) is 4.56. The Morgan fingerprint density at radius 2 is 2.42 bits per heavy atom. The van der Waals surface area contributed by atoms with Crippen molar-refractivity contribution in [1.29, 1.82) is 0 Å². The van der Waals surface area contributed by atoms with Crippen LogP contribution in [0.3, 0.4) is 0 Å². The maximum absolute atomic E-state index is 13.4. The molecule has 0 spiro atoms. The van der Waals surface area contributed by atoms with E-state index >= 15 is 0 Å². The number of carbonyl (C=O) groups is 1. The van der Waals surface area contributed by atoms with E-state index in [1.165, 1.54) is 12.1 Å². The normalized spacial score (nSPS) is 18.1. The van der Waals surface area contributed by atoms with E-state index in [1.54, 1.807) is 18.1 Å². The second-order valence-electron chi connectivity index (χ2n) is 5.88. The second-order valence-corrected chi connectivity index (χ2v) is 5.88. The average molecular weight is 335 g/mol. The number of carbonyl (C=O) groups excluding carboxylic acids is 1. The lowest BCUT2D eigenvalue weighted by Crippen LogP contribution is -2.51. The molecular weight excluding hydrogens is 313 g/mol. The van der Waals surface area contributed by atoms with E-state index in [0.717, 1.165) is 16.5 Å². The van der Waals surface area contributed by atoms with Gasteiger partial charge in [-0.2, -0.15) is 0 Å². The summed E-state index contributed by atoms with van der Waals surface area (Å²) in [4.78, 5) is 17.1. The van der Waals surface area contributed by atoms with E-state index in [2.05, 4.69) is 10.3 Å². The van der Waals surface area contributed by atoms with Gasteiger partial charge in [-0.1, -0.05) is 0 Å². The number of halogens is 1. The fourth-order valence-electron chi connectivity index (χ4n) is 2.96. The van der Waals surface area contributed by atoms with Gasteiger partial charge in [-0.3, -0.25) is 0 Å². The summed E-state index contributed by atoms with van der Waals surface area (Å²) in [7, 11) is 1.62. The van der Waals surface area contributed by atoms with E-state index in [4.69, 9.17) is 9.47 Å². The molecule has 3 rings (SSSR count). The third kappa shape index (κ3) is 3.85. The van der Waals surface area contributed by atoms with Gasteiger partial charge in [0.15, 0.2) is 0 Å². The monoisotopic (exact) mass is 335 g/mol. The van der Waals surface area contributed by atoms with Crippen LogP contribution in [-0.4, -0.2) is 62.0 Å². The number of hydrogen-bond donors (Lipinski definition) is 2. The van der Waals surface area contributed by atoms with Crippen LogP contribution in [0.1, 0.15) is 5.56 Å². The topological polar surface area (TPSA) is 66.6 Å². The van der Waals surface area contributed by atoms with Gasteiger partial charge in [0.25, 0.3) is 0 Å². The van der Waals surface area contributed by atoms with Crippen LogP contribution in [0.4, 0.5) is 9.18 Å². The van der Waals surface area contributed by atoms with Crippen LogP contribution in [0.15, 0.2) is 24.4 Å². The second kappa shape index (κ2) is 7.63. The van der Waals surface area contributed by atoms with E-state index in [0.29, 0.717) is 39.3 Å². The van der Waals surface area contributed by atoms with Gasteiger partial charge in [-0.25, -0.2) is 9.18 Å². The third-order valence-corrected chi connectivity index (χ3v) is 4.18. The van der Waals surface area contributed by atoms with E-state index in [-0.39, 0.29) is 18.0 Å². The molecule has 0 aliphatic carbocycles. The molecule has 0 radical (unpaired) electrons. The Bertz CT molecular complexity index is 701. The molecular formula is C17H22FN3O3. The zero-order chi connectivity index (χ0) is 16.9. The number of aromatic amines is 1. The predicted molar refractivity (Wildman–Crippen MR) is 88.5 cm³/mol. The third-order valence-electron chi connectivity index (χ3n) is 4.18. The summed E-state index contributed by atoms with van der Waals surface area (Å²) in [5.74, 6) is -0.259. The molecule has 24 heavy (non-hydrogen) atoms. The highest BCUT2D eigenvalue weighted by Crippen LogP contribution is 2.19. The molecule has 0 unspecified atom stereocenters. The van der Waals surface area contributed by atoms with E-state index < -0.39 is 0 Å². The van der Waals surface area contributed by atoms with E-state index in [1.807, 2.05) is 6.20 Å². The van der Waals surface area contributed by atoms with Crippen molar-refractivity contribution in [2.75, 3.05) is 40.0 Å². The van der Waals surface area contributed by atoms with Crippen molar-refractivity contribution in [1.82, 2.24) is 15.2 Å². The van der Waals surface area contributed by atoms with Gasteiger partial charge in [-0.05, 0) is 30.2 Å². The first-order chi connectivity index (χ1) is 11.7. The molecule has 0 saturated carbocycles. The van der Waals surface area contributed by atoms with Crippen molar-refractivity contribution in [2.45, 2.75) is 12.5 Å². The minimum atomic E-state index is -0.259. The summed E-state index contributed by atoms with van der Waals surface area (Å²) < 4.78 is 24.0. The Balaban J connectivity index is 1.52. The number of morpholine rings is 1. The molecule has 1 aliphatic heterocycles. The number of methoxy groups -OCH3 is 1. The van der Waals surface area contributed by atoms with E-state index in [9.17, 15) is 9.18 Å². The Hall–Kier alpha value is -2.12. The number of amides is 2. The van der Waals surface area contributed by atoms with Gasteiger partial charge in [0.05, 0.1) is 25.9 Å². The van der Waals surface area contributed by atoms with Crippen molar-refractivity contribution < 1.29 is 18.7 Å². The van der Waals surface area contributed by atoms with Gasteiger partial charge in [0.2, 0.25) is 0 Å². The van der Waals surface area contributed by atoms with Gasteiger partial charge < -0.3 is 24.7 Å². The number of rotatable bonds is 5. The van der Waals surface area contributed by atoms with Gasteiger partial charge in [-0.15, -0.1) is 0 Å². The summed E-state index contributed by atoms with van der Waals surface area (Å²) in [6.45, 7) is 2.59. The number of hydrogen-bond acceptors (Lipinski definition) is 3. The number of H-pyrrole nitrogens is 1. The zero-order valence-corrected chi connectivity index (χ0v) is 13.7. The van der Waals surface area contributed by atoms with Crippen LogP contribution < -0.4 is 5.32 Å². The molecule has 7 heteroatoms. The van der Waals surface area contributed by atoms with Crippen molar-refractivity contribution in [2.24, 2.45) is 0 Å². The van der Waals surface area contributed by atoms with Crippen LogP contribution in [0.5, 0.6) is 0 Å². The molecule has 1 aromatic carbocycles. The number of ether oxygens (including phenoxy) is 2. The summed E-state index contributed by atoms with van der Waals surface area (Å²) in [6.07, 6.45) is 2.42. The molecule has 1 fully saturated rings. The Morgan fingerprint density at radius 1 is 1.54 bits per heavy atom. The van der Waals surface area contributed by atoms with Gasteiger partial charge in [0, 0.05) is 37.3 Å². The molecule has 2 amide bonds. The first-order valence-electron chi connectivity index (χ1n) is 8.06. The maximum atomic E-state index is 13.4. The van der Waals surface area contributed by atoms with Crippen LogP contribution >= 0.6 is 0 Å². The standard InChI is InChI=1S/C17H22FN3O3/c1-23-11-14-10-21(6-7-24-14)17(22)19-5-4-12-9-20-16-3-2-13(18)8-15(12)16/h2-3,8-9,14,20H,4-7,10-11H2,1H3,(H,19,22)/t14-/m0/s1. The van der Waals surface area contributed by atoms with Gasteiger partial charge in [0.1, 0.15) is 5.82 Å². The number of fused-ring (bicyclic) bond motifs is 1. The molecule has 1 saturated heterocycles. The number of nitrogens with one attached hydrogen (secondary N) is 2. The lowest BCUT2D eigenvalue weighted by Gasteiger charge is -2.32. The largest absolute Gasteiger partial charge is 0.382 e. The van der Waals surface area contributed by atoms with Crippen LogP contribution in [-0.2, 0) is 15.9 Å². The fraction of sp³-hybridized carbons (Fsp3) is 0.471. The van der Waals surface area contributed by atoms with Crippen molar-refractivity contribution >= 4 is 16.9 Å². The number of benzene rings is 1. The minimum Gasteiger partial charge on any atom is -0.382 e. The first kappa shape index (κ1) is 16.7. The molecule has 6 nitrogen and oxygen atoms in total. The fourth-order valence-corrected chi connectivity index (χ4v) is 2.96. The number of aromatic nitrogens is 1. The quantitative estimate of drug-likeness (QED) is 0.877. The van der Waals surface area contributed by atoms with Crippen molar-refractivity contribution in [3.63, 3.8) is 0 Å². The highest BCUT2D eigenvalue weighted by molar-refractivity contribution is 5.83. The Labute approximate surface area is 139 Å². The summed E-state index contributed by atoms with van der Waals surface area (Å²) >= 11 is 0. The molecule has 0 bridgehead atoms. The lowest BCUT2D eigenvalue weighted by molar-refractivity contribution is -0.0494. The minimum absolute atomic E-state index is 0.0777. The molecule has 130 valence electrons. The summed E-state index contributed by atoms with van der Waals surface area (Å²) in [5, 5.41) is 3.77. The summed E-state index contributed by atoms with van der Waals surface area (Å²) in [5.41, 5.74) is 1.89. The number of nitrogens with zero attached hydrogens (tertiary/aromatic N) is 1. The molecule has 1 aliphatic rings. The zero-order valence-electron chi connectivity index (χ0n) is 13.7. The van der Waals surface area contributed by atoms with Gasteiger partial charge >= 0.3 is 6.03 Å². The SMILES string of the molecule is COC[C@@H]1CN(C(=O)NCCc2c[nH]c3ccc(F)cc23)CCO1. The Morgan fingerprint density at radius 3 is 3.25 bits per heavy atom. The maximum Gasteiger partial charge on any atom is 0.317 e. The van der Waals surface area contributed by atoms with Crippen LogP contribution in [0.2, 0.25) is 0 Å². The molecule has 1 aromatic heterocycles. The molecule has 2 aromatic rings. The first-order valence-corrected chi connectivity index (χ1v) is 8.06. The highest BCUT2D eigenvalue weighted by atomic mass is 19.1. The smallest absolute Gasteiger partial charge is 0.317 e. The lowest BCUT2D eigenvalue weighted by atomic mass is 10.1. The molecule has 2 heterocycles.